The van der Waals surface area contributed by atoms with E-state index in [0.29, 0.717) is 5.92 Å². The van der Waals surface area contributed by atoms with Crippen molar-refractivity contribution < 1.29 is 19.1 Å². The van der Waals surface area contributed by atoms with Crippen LogP contribution in [0.4, 0.5) is 4.79 Å². The van der Waals surface area contributed by atoms with Crippen molar-refractivity contribution in [1.29, 1.82) is 0 Å². The van der Waals surface area contributed by atoms with Gasteiger partial charge in [0.2, 0.25) is 11.8 Å². The van der Waals surface area contributed by atoms with Crippen molar-refractivity contribution in [3.8, 4) is 0 Å². The number of ether oxygens (including phenoxy) is 1. The first-order valence-corrected chi connectivity index (χ1v) is 10.9. The highest BCUT2D eigenvalue weighted by Gasteiger charge is 2.29. The van der Waals surface area contributed by atoms with Gasteiger partial charge in [0.05, 0.1) is 0 Å². The number of carbonyl (C=O) groups is 3. The van der Waals surface area contributed by atoms with E-state index < -0.39 is 29.7 Å². The zero-order valence-corrected chi connectivity index (χ0v) is 19.3. The summed E-state index contributed by atoms with van der Waals surface area (Å²) in [6.45, 7) is 10.5. The Hall–Kier alpha value is -1.57. The number of carbonyl (C=O) groups excluding carboxylic acids is 3. The van der Waals surface area contributed by atoms with Crippen LogP contribution in [0.2, 0.25) is 0 Å². The van der Waals surface area contributed by atoms with E-state index >= 15 is 0 Å². The van der Waals surface area contributed by atoms with Crippen LogP contribution < -0.4 is 16.0 Å². The van der Waals surface area contributed by atoms with Crippen molar-refractivity contribution >= 4 is 33.8 Å². The molecule has 0 unspecified atom stereocenters. The Morgan fingerprint density at radius 2 is 1.82 bits per heavy atom. The molecule has 8 heteroatoms. The van der Waals surface area contributed by atoms with Crippen molar-refractivity contribution in [1.82, 2.24) is 16.0 Å². The van der Waals surface area contributed by atoms with E-state index in [1.807, 2.05) is 19.9 Å². The Morgan fingerprint density at radius 1 is 1.18 bits per heavy atom. The molecule has 0 aromatic rings. The van der Waals surface area contributed by atoms with E-state index in [9.17, 15) is 14.4 Å². The maximum absolute atomic E-state index is 12.6. The quantitative estimate of drug-likeness (QED) is 0.509. The summed E-state index contributed by atoms with van der Waals surface area (Å²) in [5, 5.41) is 9.12. The number of alkyl carbamates (subject to hydrolysis) is 1. The Bertz CT molecular complexity index is 599. The van der Waals surface area contributed by atoms with Gasteiger partial charge in [-0.15, -0.1) is 0 Å². The second kappa shape index (κ2) is 10.8. The second-order valence-corrected chi connectivity index (χ2v) is 9.26. The molecule has 7 nitrogen and oxygen atoms in total. The standard InChI is InChI=1S/C20H34BrN3O4/c1-12(2)16(24-19(27)28-20(4,5)6)18(26)22-13(3)17(25)23-15-9-7-14(11-21)8-10-15/h9,12-14,16H,7-8,10-11H2,1-6H3,(H,22,26)(H,23,25)(H,24,27)/t13-,14-,16-/m0/s1. The lowest BCUT2D eigenvalue weighted by Gasteiger charge is -2.26. The lowest BCUT2D eigenvalue weighted by Crippen LogP contribution is -2.55. The lowest BCUT2D eigenvalue weighted by atomic mass is 9.94. The first kappa shape index (κ1) is 24.5. The molecular weight excluding hydrogens is 426 g/mol. The molecule has 0 saturated heterocycles. The van der Waals surface area contributed by atoms with Crippen LogP contribution in [0.25, 0.3) is 0 Å². The van der Waals surface area contributed by atoms with E-state index in [1.54, 1.807) is 27.7 Å². The molecule has 0 radical (unpaired) electrons. The molecule has 160 valence electrons. The van der Waals surface area contributed by atoms with Gasteiger partial charge in [0.15, 0.2) is 0 Å². The minimum absolute atomic E-state index is 0.162. The van der Waals surface area contributed by atoms with Gasteiger partial charge in [-0.25, -0.2) is 4.79 Å². The fourth-order valence-corrected chi connectivity index (χ4v) is 3.33. The number of hydrogen-bond acceptors (Lipinski definition) is 4. The summed E-state index contributed by atoms with van der Waals surface area (Å²) in [7, 11) is 0. The molecule has 0 aromatic heterocycles. The van der Waals surface area contributed by atoms with Crippen LogP contribution in [0, 0.1) is 11.8 Å². The van der Waals surface area contributed by atoms with Gasteiger partial charge in [-0.1, -0.05) is 35.9 Å². The van der Waals surface area contributed by atoms with Crippen LogP contribution >= 0.6 is 15.9 Å². The largest absolute Gasteiger partial charge is 0.444 e. The highest BCUT2D eigenvalue weighted by Crippen LogP contribution is 2.23. The number of alkyl halides is 1. The minimum atomic E-state index is -0.793. The van der Waals surface area contributed by atoms with E-state index in [1.165, 1.54) is 0 Å². The van der Waals surface area contributed by atoms with Gasteiger partial charge >= 0.3 is 6.09 Å². The minimum Gasteiger partial charge on any atom is -0.444 e. The zero-order valence-electron chi connectivity index (χ0n) is 17.7. The SMILES string of the molecule is CC(C)[C@H](NC(=O)OC(C)(C)C)C(=O)N[C@@H](C)C(=O)NC1=CC[C@H](CBr)CC1. The van der Waals surface area contributed by atoms with Gasteiger partial charge in [0.25, 0.3) is 0 Å². The molecule has 1 aliphatic carbocycles. The van der Waals surface area contributed by atoms with Gasteiger partial charge in [0, 0.05) is 11.0 Å². The van der Waals surface area contributed by atoms with Crippen LogP contribution in [0.1, 0.15) is 60.8 Å². The molecule has 3 amide bonds. The average Bonchev–Trinajstić information content (AvgIpc) is 2.58. The number of amides is 3. The predicted octanol–water partition coefficient (Wildman–Crippen LogP) is 3.24. The molecule has 3 N–H and O–H groups in total. The van der Waals surface area contributed by atoms with Crippen molar-refractivity contribution in [2.75, 3.05) is 5.33 Å². The smallest absolute Gasteiger partial charge is 0.408 e. The molecule has 0 aromatic carbocycles. The van der Waals surface area contributed by atoms with Crippen molar-refractivity contribution in [2.24, 2.45) is 11.8 Å². The van der Waals surface area contributed by atoms with Crippen LogP contribution in [0.15, 0.2) is 11.8 Å². The van der Waals surface area contributed by atoms with Crippen molar-refractivity contribution in [3.63, 3.8) is 0 Å². The maximum atomic E-state index is 12.6. The van der Waals surface area contributed by atoms with Crippen LogP contribution in [0.5, 0.6) is 0 Å². The Labute approximate surface area is 176 Å². The van der Waals surface area contributed by atoms with Gasteiger partial charge in [-0.05, 0) is 58.8 Å². The highest BCUT2D eigenvalue weighted by atomic mass is 79.9. The summed E-state index contributed by atoms with van der Waals surface area (Å²) in [5.41, 5.74) is 0.243. The van der Waals surface area contributed by atoms with E-state index in [0.717, 1.165) is 30.3 Å². The van der Waals surface area contributed by atoms with E-state index in [2.05, 4.69) is 31.9 Å². The average molecular weight is 460 g/mol. The first-order chi connectivity index (χ1) is 12.9. The van der Waals surface area contributed by atoms with Crippen LogP contribution in [0.3, 0.4) is 0 Å². The molecular formula is C20H34BrN3O4. The van der Waals surface area contributed by atoms with Gasteiger partial charge in [0.1, 0.15) is 17.7 Å². The Balaban J connectivity index is 2.60. The number of allylic oxidation sites excluding steroid dienone is 2. The molecule has 0 saturated carbocycles. The molecule has 0 fully saturated rings. The molecule has 0 heterocycles. The molecule has 0 bridgehead atoms. The highest BCUT2D eigenvalue weighted by molar-refractivity contribution is 9.09. The maximum Gasteiger partial charge on any atom is 0.408 e. The van der Waals surface area contributed by atoms with Crippen molar-refractivity contribution in [2.45, 2.75) is 78.5 Å². The predicted molar refractivity (Wildman–Crippen MR) is 113 cm³/mol. The fraction of sp³-hybridized carbons (Fsp3) is 0.750. The fourth-order valence-electron chi connectivity index (χ4n) is 2.75. The Kier molecular flexibility index (Phi) is 9.47. The van der Waals surface area contributed by atoms with Crippen LogP contribution in [-0.2, 0) is 14.3 Å². The van der Waals surface area contributed by atoms with E-state index in [4.69, 9.17) is 4.74 Å². The van der Waals surface area contributed by atoms with E-state index in [-0.39, 0.29) is 11.8 Å². The molecule has 0 spiro atoms. The second-order valence-electron chi connectivity index (χ2n) is 8.61. The normalized spacial score (nSPS) is 19.3. The summed E-state index contributed by atoms with van der Waals surface area (Å²) < 4.78 is 5.22. The summed E-state index contributed by atoms with van der Waals surface area (Å²) >= 11 is 3.49. The van der Waals surface area contributed by atoms with Gasteiger partial charge in [-0.3, -0.25) is 9.59 Å². The number of hydrogen-bond donors (Lipinski definition) is 3. The number of halogens is 1. The monoisotopic (exact) mass is 459 g/mol. The lowest BCUT2D eigenvalue weighted by molar-refractivity contribution is -0.130. The molecule has 0 aliphatic heterocycles. The third-order valence-electron chi connectivity index (χ3n) is 4.39. The Morgan fingerprint density at radius 3 is 2.29 bits per heavy atom. The molecule has 1 rings (SSSR count). The third kappa shape index (κ3) is 8.63. The molecule has 1 aliphatic rings. The summed E-state index contributed by atoms with van der Waals surface area (Å²) in [4.78, 5) is 37.0. The number of rotatable bonds is 7. The third-order valence-corrected chi connectivity index (χ3v) is 5.31. The summed E-state index contributed by atoms with van der Waals surface area (Å²) in [5.74, 6) is -0.245. The molecule has 28 heavy (non-hydrogen) atoms. The first-order valence-electron chi connectivity index (χ1n) is 9.78. The van der Waals surface area contributed by atoms with Gasteiger partial charge in [-0.2, -0.15) is 0 Å². The number of nitrogens with one attached hydrogen (secondary N) is 3. The van der Waals surface area contributed by atoms with Gasteiger partial charge < -0.3 is 20.7 Å². The zero-order chi connectivity index (χ0) is 21.5. The summed E-state index contributed by atoms with van der Waals surface area (Å²) in [6.07, 6.45) is 4.15. The van der Waals surface area contributed by atoms with Crippen LogP contribution in [-0.4, -0.2) is 40.9 Å². The summed E-state index contributed by atoms with van der Waals surface area (Å²) in [6, 6.07) is -1.51. The topological polar surface area (TPSA) is 96.5 Å². The molecule has 3 atom stereocenters. The van der Waals surface area contributed by atoms with Crippen molar-refractivity contribution in [3.05, 3.63) is 11.8 Å².